The predicted molar refractivity (Wildman–Crippen MR) is 106 cm³/mol. The number of aryl methyl sites for hydroxylation is 1. The smallest absolute Gasteiger partial charge is 0.147 e. The molecule has 0 atom stereocenters. The third kappa shape index (κ3) is 3.50. The summed E-state index contributed by atoms with van der Waals surface area (Å²) < 4.78 is 12.3. The molecule has 0 saturated carbocycles. The zero-order valence-corrected chi connectivity index (χ0v) is 16.7. The molecule has 144 valence electrons. The molecule has 4 heterocycles. The number of aliphatic hydroxyl groups excluding tert-OH is 1. The van der Waals surface area contributed by atoms with Gasteiger partial charge in [0.05, 0.1) is 42.2 Å². The number of hydrogen-bond acceptors (Lipinski definition) is 8. The number of anilines is 1. The zero-order chi connectivity index (χ0) is 19.0. The van der Waals surface area contributed by atoms with Gasteiger partial charge in [-0.2, -0.15) is 0 Å². The first kappa shape index (κ1) is 18.5. The van der Waals surface area contributed by atoms with Crippen molar-refractivity contribution in [1.29, 1.82) is 0 Å². The van der Waals surface area contributed by atoms with Crippen molar-refractivity contribution in [2.75, 3.05) is 31.7 Å². The van der Waals surface area contributed by atoms with E-state index in [0.29, 0.717) is 26.4 Å². The van der Waals surface area contributed by atoms with Crippen LogP contribution in [0.5, 0.6) is 0 Å². The quantitative estimate of drug-likeness (QED) is 0.628. The number of thiophene rings is 1. The molecule has 0 saturated heterocycles. The van der Waals surface area contributed by atoms with Crippen LogP contribution in [-0.4, -0.2) is 52.0 Å². The van der Waals surface area contributed by atoms with Crippen LogP contribution >= 0.6 is 11.3 Å². The molecule has 0 fully saturated rings. The first-order valence-electron chi connectivity index (χ1n) is 9.12. The SMILES string of the molecule is Cc1nc2sc3c(NCCOCCO)ncnc3c2c2c1COC(C)(C)C2. The van der Waals surface area contributed by atoms with Crippen LogP contribution < -0.4 is 5.32 Å². The van der Waals surface area contributed by atoms with Crippen LogP contribution in [0.1, 0.15) is 30.7 Å². The molecule has 3 aromatic rings. The van der Waals surface area contributed by atoms with Gasteiger partial charge >= 0.3 is 0 Å². The van der Waals surface area contributed by atoms with Gasteiger partial charge < -0.3 is 19.9 Å². The molecule has 7 nitrogen and oxygen atoms in total. The van der Waals surface area contributed by atoms with Crippen LogP contribution in [0, 0.1) is 6.92 Å². The molecule has 0 spiro atoms. The second-order valence-electron chi connectivity index (χ2n) is 7.32. The van der Waals surface area contributed by atoms with Crippen molar-refractivity contribution in [3.63, 3.8) is 0 Å². The second kappa shape index (κ2) is 7.27. The monoisotopic (exact) mass is 388 g/mol. The normalized spacial score (nSPS) is 16.0. The molecule has 3 aromatic heterocycles. The number of pyridine rings is 1. The van der Waals surface area contributed by atoms with Gasteiger partial charge in [0.15, 0.2) is 0 Å². The van der Waals surface area contributed by atoms with Crippen molar-refractivity contribution in [3.05, 3.63) is 23.1 Å². The van der Waals surface area contributed by atoms with Gasteiger partial charge in [-0.25, -0.2) is 15.0 Å². The van der Waals surface area contributed by atoms with Crippen molar-refractivity contribution in [3.8, 4) is 0 Å². The zero-order valence-electron chi connectivity index (χ0n) is 15.8. The minimum Gasteiger partial charge on any atom is -0.394 e. The number of nitrogens with one attached hydrogen (secondary N) is 1. The third-order valence-electron chi connectivity index (χ3n) is 4.81. The van der Waals surface area contributed by atoms with E-state index in [2.05, 4.69) is 29.1 Å². The molecule has 0 amide bonds. The Morgan fingerprint density at radius 2 is 2.15 bits per heavy atom. The van der Waals surface area contributed by atoms with E-state index >= 15 is 0 Å². The molecule has 2 N–H and O–H groups in total. The highest BCUT2D eigenvalue weighted by atomic mass is 32.1. The molecule has 0 bridgehead atoms. The maximum atomic E-state index is 8.78. The first-order chi connectivity index (χ1) is 13.0. The van der Waals surface area contributed by atoms with Gasteiger partial charge in [0, 0.05) is 29.6 Å². The van der Waals surface area contributed by atoms with Gasteiger partial charge in [0.25, 0.3) is 0 Å². The van der Waals surface area contributed by atoms with Gasteiger partial charge in [-0.1, -0.05) is 0 Å². The Morgan fingerprint density at radius 1 is 1.30 bits per heavy atom. The van der Waals surface area contributed by atoms with Crippen molar-refractivity contribution in [2.45, 2.75) is 39.4 Å². The lowest BCUT2D eigenvalue weighted by molar-refractivity contribution is -0.0400. The third-order valence-corrected chi connectivity index (χ3v) is 5.89. The van der Waals surface area contributed by atoms with E-state index in [1.165, 1.54) is 11.1 Å². The van der Waals surface area contributed by atoms with Crippen molar-refractivity contribution in [2.24, 2.45) is 0 Å². The number of rotatable bonds is 6. The Morgan fingerprint density at radius 3 is 2.96 bits per heavy atom. The van der Waals surface area contributed by atoms with E-state index in [0.717, 1.165) is 38.4 Å². The summed E-state index contributed by atoms with van der Waals surface area (Å²) in [4.78, 5) is 14.8. The minimum atomic E-state index is -0.194. The maximum Gasteiger partial charge on any atom is 0.147 e. The van der Waals surface area contributed by atoms with Gasteiger partial charge in [0.2, 0.25) is 0 Å². The fourth-order valence-electron chi connectivity index (χ4n) is 3.50. The van der Waals surface area contributed by atoms with Crippen LogP contribution in [0.25, 0.3) is 20.4 Å². The van der Waals surface area contributed by atoms with Crippen LogP contribution in [0.4, 0.5) is 5.82 Å². The first-order valence-corrected chi connectivity index (χ1v) is 9.94. The van der Waals surface area contributed by atoms with Crippen LogP contribution in [-0.2, 0) is 22.5 Å². The number of nitrogens with zero attached hydrogens (tertiary/aromatic N) is 3. The highest BCUT2D eigenvalue weighted by molar-refractivity contribution is 7.26. The molecule has 0 unspecified atom stereocenters. The molecule has 27 heavy (non-hydrogen) atoms. The summed E-state index contributed by atoms with van der Waals surface area (Å²) in [5, 5.41) is 13.2. The molecule has 0 radical (unpaired) electrons. The fraction of sp³-hybridized carbons (Fsp3) is 0.526. The molecular formula is C19H24N4O3S. The number of hydrogen-bond donors (Lipinski definition) is 2. The summed E-state index contributed by atoms with van der Waals surface area (Å²) in [6.45, 7) is 8.39. The molecule has 0 aromatic carbocycles. The summed E-state index contributed by atoms with van der Waals surface area (Å²) in [5.74, 6) is 0.799. The van der Waals surface area contributed by atoms with Crippen LogP contribution in [0.15, 0.2) is 6.33 Å². The van der Waals surface area contributed by atoms with Gasteiger partial charge in [0.1, 0.15) is 17.0 Å². The summed E-state index contributed by atoms with van der Waals surface area (Å²) in [6.07, 6.45) is 2.44. The average molecular weight is 388 g/mol. The lowest BCUT2D eigenvalue weighted by atomic mass is 9.89. The molecule has 1 aliphatic rings. The fourth-order valence-corrected chi connectivity index (χ4v) is 4.67. The number of ether oxygens (including phenoxy) is 2. The Balaban J connectivity index is 1.77. The molecule has 1 aliphatic heterocycles. The highest BCUT2D eigenvalue weighted by Gasteiger charge is 2.30. The Bertz CT molecular complexity index is 986. The largest absolute Gasteiger partial charge is 0.394 e. The molecule has 8 heteroatoms. The number of fused-ring (bicyclic) bond motifs is 5. The maximum absolute atomic E-state index is 8.78. The van der Waals surface area contributed by atoms with E-state index in [4.69, 9.17) is 19.6 Å². The highest BCUT2D eigenvalue weighted by Crippen LogP contribution is 2.41. The Hall–Kier alpha value is -1.87. The average Bonchev–Trinajstić information content (AvgIpc) is 2.99. The molecule has 0 aliphatic carbocycles. The predicted octanol–water partition coefficient (Wildman–Crippen LogP) is 2.82. The van der Waals surface area contributed by atoms with Gasteiger partial charge in [-0.15, -0.1) is 11.3 Å². The molecule has 4 rings (SSSR count). The topological polar surface area (TPSA) is 89.4 Å². The van der Waals surface area contributed by atoms with Gasteiger partial charge in [-0.05, 0) is 26.3 Å². The number of aromatic nitrogens is 3. The van der Waals surface area contributed by atoms with E-state index in [1.807, 2.05) is 6.92 Å². The summed E-state index contributed by atoms with van der Waals surface area (Å²) in [5.41, 5.74) is 4.27. The summed E-state index contributed by atoms with van der Waals surface area (Å²) >= 11 is 1.62. The van der Waals surface area contributed by atoms with Crippen molar-refractivity contribution < 1.29 is 14.6 Å². The second-order valence-corrected chi connectivity index (χ2v) is 8.32. The summed E-state index contributed by atoms with van der Waals surface area (Å²) in [7, 11) is 0. The van der Waals surface area contributed by atoms with Crippen molar-refractivity contribution >= 4 is 37.6 Å². The Labute approximate surface area is 161 Å². The van der Waals surface area contributed by atoms with E-state index in [1.54, 1.807) is 17.7 Å². The van der Waals surface area contributed by atoms with E-state index in [9.17, 15) is 0 Å². The lowest BCUT2D eigenvalue weighted by Crippen LogP contribution is -2.32. The standard InChI is InChI=1S/C19H24N4O3S/c1-11-13-9-26-19(2,3)8-12(13)14-15-16(27-18(14)23-11)17(22-10-21-15)20-4-6-25-7-5-24/h10,24H,4-9H2,1-3H3,(H,20,21,22). The summed E-state index contributed by atoms with van der Waals surface area (Å²) in [6, 6.07) is 0. The molecular weight excluding hydrogens is 364 g/mol. The Kier molecular flexibility index (Phi) is 4.98. The van der Waals surface area contributed by atoms with Gasteiger partial charge in [-0.3, -0.25) is 0 Å². The lowest BCUT2D eigenvalue weighted by Gasteiger charge is -2.32. The van der Waals surface area contributed by atoms with E-state index in [-0.39, 0.29) is 12.2 Å². The van der Waals surface area contributed by atoms with Crippen LogP contribution in [0.3, 0.4) is 0 Å². The van der Waals surface area contributed by atoms with E-state index < -0.39 is 0 Å². The minimum absolute atomic E-state index is 0.0320. The van der Waals surface area contributed by atoms with Crippen molar-refractivity contribution in [1.82, 2.24) is 15.0 Å². The van der Waals surface area contributed by atoms with Crippen LogP contribution in [0.2, 0.25) is 0 Å². The number of aliphatic hydroxyl groups is 1.